The molecule has 0 fully saturated rings. The van der Waals surface area contributed by atoms with Gasteiger partial charge in [-0.25, -0.2) is 0 Å². The highest BCUT2D eigenvalue weighted by Gasteiger charge is 2.09. The van der Waals surface area contributed by atoms with Gasteiger partial charge < -0.3 is 14.8 Å². The lowest BCUT2D eigenvalue weighted by Crippen LogP contribution is -2.21. The molecule has 1 N–H and O–H groups in total. The van der Waals surface area contributed by atoms with Gasteiger partial charge in [0.15, 0.2) is 6.29 Å². The summed E-state index contributed by atoms with van der Waals surface area (Å²) in [6.07, 6.45) is 0.716. The fraction of sp³-hybridized carbons (Fsp3) is 0.600. The van der Waals surface area contributed by atoms with Crippen LogP contribution in [0.3, 0.4) is 0 Å². The number of nitrogens with one attached hydrogen (secondary N) is 1. The second kappa shape index (κ2) is 8.56. The van der Waals surface area contributed by atoms with Gasteiger partial charge in [-0.05, 0) is 60.8 Å². The molecule has 0 saturated carbocycles. The Morgan fingerprint density at radius 3 is 2.32 bits per heavy atom. The van der Waals surface area contributed by atoms with Crippen LogP contribution in [0, 0.1) is 13.8 Å². The van der Waals surface area contributed by atoms with E-state index >= 15 is 0 Å². The summed E-state index contributed by atoms with van der Waals surface area (Å²) in [5.74, 6) is 0. The van der Waals surface area contributed by atoms with Crippen molar-refractivity contribution in [1.29, 1.82) is 0 Å². The van der Waals surface area contributed by atoms with Gasteiger partial charge in [-0.1, -0.05) is 6.07 Å². The maximum absolute atomic E-state index is 5.53. The average molecular weight is 330 g/mol. The topological polar surface area (TPSA) is 30.5 Å². The van der Waals surface area contributed by atoms with Crippen LogP contribution in [0.2, 0.25) is 0 Å². The summed E-state index contributed by atoms with van der Waals surface area (Å²) in [6, 6.07) is 4.30. The van der Waals surface area contributed by atoms with E-state index in [1.807, 2.05) is 13.8 Å². The molecule has 0 saturated heterocycles. The molecule has 0 spiro atoms. The minimum atomic E-state index is -0.118. The zero-order chi connectivity index (χ0) is 14.3. The number of ether oxygens (including phenoxy) is 2. The molecule has 0 amide bonds. The predicted molar refractivity (Wildman–Crippen MR) is 83.8 cm³/mol. The maximum atomic E-state index is 5.53. The molecule has 0 atom stereocenters. The van der Waals surface area contributed by atoms with E-state index in [1.165, 1.54) is 11.1 Å². The summed E-state index contributed by atoms with van der Waals surface area (Å²) in [4.78, 5) is 0. The lowest BCUT2D eigenvalue weighted by atomic mass is 10.1. The minimum Gasteiger partial charge on any atom is -0.384 e. The number of halogens is 1. The van der Waals surface area contributed by atoms with Gasteiger partial charge in [-0.2, -0.15) is 0 Å². The first kappa shape index (κ1) is 16.5. The van der Waals surface area contributed by atoms with Gasteiger partial charge >= 0.3 is 0 Å². The van der Waals surface area contributed by atoms with Gasteiger partial charge in [-0.3, -0.25) is 0 Å². The predicted octanol–water partition coefficient (Wildman–Crippen LogP) is 4.27. The Balaban J connectivity index is 2.52. The molecule has 0 aliphatic rings. The van der Waals surface area contributed by atoms with E-state index in [1.54, 1.807) is 0 Å². The average Bonchev–Trinajstić information content (AvgIpc) is 2.32. The summed E-state index contributed by atoms with van der Waals surface area (Å²) < 4.78 is 12.2. The largest absolute Gasteiger partial charge is 0.384 e. The normalized spacial score (nSPS) is 11.1. The zero-order valence-corrected chi connectivity index (χ0v) is 13.8. The molecule has 0 aliphatic carbocycles. The van der Waals surface area contributed by atoms with Crippen molar-refractivity contribution >= 4 is 21.6 Å². The molecule has 0 radical (unpaired) electrons. The highest BCUT2D eigenvalue weighted by Crippen LogP contribution is 2.27. The van der Waals surface area contributed by atoms with Crippen LogP contribution in [-0.4, -0.2) is 26.0 Å². The summed E-state index contributed by atoms with van der Waals surface area (Å²) >= 11 is 3.60. The van der Waals surface area contributed by atoms with Crippen molar-refractivity contribution in [2.75, 3.05) is 25.1 Å². The number of hydrogen-bond donors (Lipinski definition) is 1. The first-order valence-electron chi connectivity index (χ1n) is 6.82. The van der Waals surface area contributed by atoms with Gasteiger partial charge in [0, 0.05) is 30.7 Å². The zero-order valence-electron chi connectivity index (χ0n) is 12.3. The Bertz CT molecular complexity index is 367. The lowest BCUT2D eigenvalue weighted by Gasteiger charge is -2.18. The number of rotatable bonds is 8. The van der Waals surface area contributed by atoms with E-state index in [-0.39, 0.29) is 6.29 Å². The number of aryl methyl sites for hydroxylation is 2. The first-order valence-corrected chi connectivity index (χ1v) is 7.61. The smallest absolute Gasteiger partial charge is 0.159 e. The summed E-state index contributed by atoms with van der Waals surface area (Å²) in [5.41, 5.74) is 3.66. The molecule has 108 valence electrons. The highest BCUT2D eigenvalue weighted by molar-refractivity contribution is 9.10. The van der Waals surface area contributed by atoms with Crippen LogP contribution >= 0.6 is 15.9 Å². The standard InChI is InChI=1S/C15H24BrNO2/c1-5-18-14(19-6-2)7-8-17-15-12(4)9-11(3)10-13(15)16/h9-10,14,17H,5-8H2,1-4H3. The van der Waals surface area contributed by atoms with Crippen LogP contribution in [0.1, 0.15) is 31.4 Å². The van der Waals surface area contributed by atoms with Crippen molar-refractivity contribution in [1.82, 2.24) is 0 Å². The van der Waals surface area contributed by atoms with E-state index in [4.69, 9.17) is 9.47 Å². The molecular weight excluding hydrogens is 306 g/mol. The van der Waals surface area contributed by atoms with Crippen molar-refractivity contribution < 1.29 is 9.47 Å². The SMILES string of the molecule is CCOC(CCNc1c(C)cc(C)cc1Br)OCC. The van der Waals surface area contributed by atoms with Crippen molar-refractivity contribution in [2.24, 2.45) is 0 Å². The van der Waals surface area contributed by atoms with Crippen LogP contribution in [0.25, 0.3) is 0 Å². The second-order valence-corrected chi connectivity index (χ2v) is 5.35. The molecule has 0 unspecified atom stereocenters. The third-order valence-electron chi connectivity index (χ3n) is 2.82. The van der Waals surface area contributed by atoms with E-state index in [9.17, 15) is 0 Å². The number of anilines is 1. The van der Waals surface area contributed by atoms with Crippen LogP contribution in [0.15, 0.2) is 16.6 Å². The number of hydrogen-bond acceptors (Lipinski definition) is 3. The van der Waals surface area contributed by atoms with Gasteiger partial charge in [0.25, 0.3) is 0 Å². The molecule has 19 heavy (non-hydrogen) atoms. The molecule has 4 heteroatoms. The molecule has 3 nitrogen and oxygen atoms in total. The third-order valence-corrected chi connectivity index (χ3v) is 3.44. The van der Waals surface area contributed by atoms with Crippen molar-refractivity contribution in [3.63, 3.8) is 0 Å². The minimum absolute atomic E-state index is 0.118. The number of benzene rings is 1. The van der Waals surface area contributed by atoms with E-state index in [0.717, 1.165) is 23.1 Å². The van der Waals surface area contributed by atoms with Gasteiger partial charge in [-0.15, -0.1) is 0 Å². The van der Waals surface area contributed by atoms with Gasteiger partial charge in [0.05, 0.1) is 5.69 Å². The molecule has 0 aliphatic heterocycles. The van der Waals surface area contributed by atoms with Crippen LogP contribution in [-0.2, 0) is 9.47 Å². The molecule has 1 aromatic carbocycles. The Morgan fingerprint density at radius 2 is 1.79 bits per heavy atom. The summed E-state index contributed by atoms with van der Waals surface area (Å²) in [6.45, 7) is 10.4. The highest BCUT2D eigenvalue weighted by atomic mass is 79.9. The fourth-order valence-electron chi connectivity index (χ4n) is 2.04. The van der Waals surface area contributed by atoms with Crippen molar-refractivity contribution in [3.05, 3.63) is 27.7 Å². The Hall–Kier alpha value is -0.580. The van der Waals surface area contributed by atoms with Crippen LogP contribution in [0.5, 0.6) is 0 Å². The molecule has 1 rings (SSSR count). The van der Waals surface area contributed by atoms with Gasteiger partial charge in [0.1, 0.15) is 0 Å². The Labute approximate surface area is 124 Å². The monoisotopic (exact) mass is 329 g/mol. The third kappa shape index (κ3) is 5.51. The lowest BCUT2D eigenvalue weighted by molar-refractivity contribution is -0.137. The maximum Gasteiger partial charge on any atom is 0.159 e. The molecule has 1 aromatic rings. The Morgan fingerprint density at radius 1 is 1.16 bits per heavy atom. The second-order valence-electron chi connectivity index (χ2n) is 4.49. The molecule has 0 bridgehead atoms. The fourth-order valence-corrected chi connectivity index (χ4v) is 2.86. The first-order chi connectivity index (χ1) is 9.08. The quantitative estimate of drug-likeness (QED) is 0.722. The molecule has 0 aromatic heterocycles. The summed E-state index contributed by atoms with van der Waals surface area (Å²) in [5, 5.41) is 3.45. The van der Waals surface area contributed by atoms with Crippen LogP contribution in [0.4, 0.5) is 5.69 Å². The van der Waals surface area contributed by atoms with E-state index in [2.05, 4.69) is 47.2 Å². The molecule has 0 heterocycles. The molecular formula is C15H24BrNO2. The van der Waals surface area contributed by atoms with E-state index in [0.29, 0.717) is 13.2 Å². The summed E-state index contributed by atoms with van der Waals surface area (Å²) in [7, 11) is 0. The van der Waals surface area contributed by atoms with Crippen molar-refractivity contribution in [3.8, 4) is 0 Å². The van der Waals surface area contributed by atoms with E-state index < -0.39 is 0 Å². The Kier molecular flexibility index (Phi) is 7.42. The van der Waals surface area contributed by atoms with Gasteiger partial charge in [0.2, 0.25) is 0 Å². The van der Waals surface area contributed by atoms with Crippen LogP contribution < -0.4 is 5.32 Å². The van der Waals surface area contributed by atoms with Crippen molar-refractivity contribution in [2.45, 2.75) is 40.4 Å².